The van der Waals surface area contributed by atoms with Crippen LogP contribution in [0.2, 0.25) is 0 Å². The van der Waals surface area contributed by atoms with Gasteiger partial charge in [-0.3, -0.25) is 4.79 Å². The zero-order chi connectivity index (χ0) is 16.8. The highest BCUT2D eigenvalue weighted by Gasteiger charge is 2.24. The quantitative estimate of drug-likeness (QED) is 0.778. The first kappa shape index (κ1) is 20.0. The van der Waals surface area contributed by atoms with E-state index >= 15 is 0 Å². The highest BCUT2D eigenvalue weighted by atomic mass is 35.5. The number of ether oxygens (including phenoxy) is 1. The Morgan fingerprint density at radius 1 is 1.17 bits per heavy atom. The largest absolute Gasteiger partial charge is 0.507 e. The van der Waals surface area contributed by atoms with Crippen molar-refractivity contribution < 1.29 is 14.6 Å². The second-order valence-corrected chi connectivity index (χ2v) is 5.90. The monoisotopic (exact) mass is 349 g/mol. The van der Waals surface area contributed by atoms with Gasteiger partial charge >= 0.3 is 0 Å². The van der Waals surface area contributed by atoms with Crippen molar-refractivity contribution in [2.45, 2.75) is 6.42 Å². The Morgan fingerprint density at radius 3 is 2.42 bits per heavy atom. The van der Waals surface area contributed by atoms with E-state index in [2.05, 4.69) is 0 Å². The Hall–Kier alpha value is -2.04. The molecular weight excluding hydrogens is 326 g/mol. The molecule has 0 amide bonds. The molecule has 0 aliphatic carbocycles. The molecule has 2 aromatic carbocycles. The van der Waals surface area contributed by atoms with Crippen LogP contribution in [0.5, 0.6) is 11.5 Å². The van der Waals surface area contributed by atoms with Gasteiger partial charge in [0.25, 0.3) is 0 Å². The van der Waals surface area contributed by atoms with E-state index in [9.17, 15) is 9.90 Å². The van der Waals surface area contributed by atoms with Crippen molar-refractivity contribution in [3.63, 3.8) is 0 Å². The first-order valence-electron chi connectivity index (χ1n) is 7.61. The van der Waals surface area contributed by atoms with E-state index in [1.807, 2.05) is 49.3 Å². The van der Waals surface area contributed by atoms with Gasteiger partial charge in [-0.25, -0.2) is 0 Å². The highest BCUT2D eigenvalue weighted by Crippen LogP contribution is 2.27. The average Bonchev–Trinajstić information content (AvgIpc) is 2.54. The van der Waals surface area contributed by atoms with Gasteiger partial charge in [-0.05, 0) is 44.3 Å². The second-order valence-electron chi connectivity index (χ2n) is 5.90. The van der Waals surface area contributed by atoms with Crippen molar-refractivity contribution in [2.24, 2.45) is 5.92 Å². The standard InChI is InChI=1S/C19H23NO3.ClH/c1-20(2)13-15(11-14-7-5-4-6-8-14)19(22)17-12-16(23-3)9-10-18(17)21;/h4-10,12,15,21H,11,13H2,1-3H3;1H/t15-;/m0./s1. The van der Waals surface area contributed by atoms with Gasteiger partial charge in [0.2, 0.25) is 0 Å². The van der Waals surface area contributed by atoms with Crippen LogP contribution in [0.1, 0.15) is 15.9 Å². The minimum atomic E-state index is -0.231. The van der Waals surface area contributed by atoms with Crippen LogP contribution in [0.3, 0.4) is 0 Å². The Morgan fingerprint density at radius 2 is 1.83 bits per heavy atom. The maximum atomic E-state index is 12.9. The number of aromatic hydroxyl groups is 1. The molecule has 0 fully saturated rings. The molecule has 1 N–H and O–H groups in total. The Labute approximate surface area is 149 Å². The zero-order valence-corrected chi connectivity index (χ0v) is 15.0. The van der Waals surface area contributed by atoms with E-state index < -0.39 is 0 Å². The molecule has 2 rings (SSSR count). The third-order valence-corrected chi connectivity index (χ3v) is 3.75. The minimum Gasteiger partial charge on any atom is -0.507 e. The molecule has 0 aliphatic heterocycles. The molecule has 4 nitrogen and oxygen atoms in total. The highest BCUT2D eigenvalue weighted by molar-refractivity contribution is 6.00. The van der Waals surface area contributed by atoms with Crippen molar-refractivity contribution in [1.29, 1.82) is 0 Å². The predicted octanol–water partition coefficient (Wildman–Crippen LogP) is 3.43. The lowest BCUT2D eigenvalue weighted by atomic mass is 9.90. The summed E-state index contributed by atoms with van der Waals surface area (Å²) in [4.78, 5) is 14.9. The number of carbonyl (C=O) groups excluding carboxylic acids is 1. The van der Waals surface area contributed by atoms with Crippen LogP contribution in [-0.4, -0.2) is 43.5 Å². The van der Waals surface area contributed by atoms with E-state index in [1.165, 1.54) is 6.07 Å². The molecule has 0 unspecified atom stereocenters. The number of benzene rings is 2. The molecule has 130 valence electrons. The lowest BCUT2D eigenvalue weighted by Crippen LogP contribution is -2.29. The van der Waals surface area contributed by atoms with Crippen LogP contribution in [0, 0.1) is 5.92 Å². The maximum absolute atomic E-state index is 12.9. The van der Waals surface area contributed by atoms with Crippen LogP contribution in [0.25, 0.3) is 0 Å². The van der Waals surface area contributed by atoms with E-state index in [0.29, 0.717) is 24.3 Å². The van der Waals surface area contributed by atoms with Crippen LogP contribution >= 0.6 is 12.4 Å². The molecule has 0 spiro atoms. The lowest BCUT2D eigenvalue weighted by Gasteiger charge is -2.21. The molecule has 1 atom stereocenters. The molecule has 0 radical (unpaired) electrons. The summed E-state index contributed by atoms with van der Waals surface area (Å²) < 4.78 is 5.17. The third kappa shape index (κ3) is 5.25. The smallest absolute Gasteiger partial charge is 0.171 e. The van der Waals surface area contributed by atoms with Gasteiger partial charge in [-0.15, -0.1) is 12.4 Å². The van der Waals surface area contributed by atoms with Crippen LogP contribution in [-0.2, 0) is 6.42 Å². The number of hydrogen-bond acceptors (Lipinski definition) is 4. The summed E-state index contributed by atoms with van der Waals surface area (Å²) >= 11 is 0. The molecular formula is C19H24ClNO3. The third-order valence-electron chi connectivity index (χ3n) is 3.75. The fourth-order valence-electron chi connectivity index (χ4n) is 2.64. The predicted molar refractivity (Wildman–Crippen MR) is 98.4 cm³/mol. The number of phenols is 1. The summed E-state index contributed by atoms with van der Waals surface area (Å²) in [5, 5.41) is 10.1. The number of phenolic OH excluding ortho intramolecular Hbond substituents is 1. The number of hydrogen-bond donors (Lipinski definition) is 1. The molecule has 2 aromatic rings. The van der Waals surface area contributed by atoms with Gasteiger partial charge in [-0.1, -0.05) is 30.3 Å². The summed E-state index contributed by atoms with van der Waals surface area (Å²) in [5.74, 6) is 0.256. The number of carbonyl (C=O) groups is 1. The zero-order valence-electron chi connectivity index (χ0n) is 14.2. The second kappa shape index (κ2) is 9.30. The molecule has 5 heteroatoms. The van der Waals surface area contributed by atoms with Crippen molar-refractivity contribution in [2.75, 3.05) is 27.7 Å². The fourth-order valence-corrected chi connectivity index (χ4v) is 2.64. The van der Waals surface area contributed by atoms with Crippen LogP contribution < -0.4 is 4.74 Å². The fraction of sp³-hybridized carbons (Fsp3) is 0.316. The first-order valence-corrected chi connectivity index (χ1v) is 7.61. The summed E-state index contributed by atoms with van der Waals surface area (Å²) in [7, 11) is 5.43. The number of ketones is 1. The molecule has 24 heavy (non-hydrogen) atoms. The van der Waals surface area contributed by atoms with Crippen molar-refractivity contribution in [3.05, 3.63) is 59.7 Å². The molecule has 0 bridgehead atoms. The SMILES string of the molecule is COc1ccc(O)c(C(=O)[C@@H](Cc2ccccc2)CN(C)C)c1.Cl. The normalized spacial score (nSPS) is 11.7. The average molecular weight is 350 g/mol. The summed E-state index contributed by atoms with van der Waals surface area (Å²) in [6.45, 7) is 0.615. The van der Waals surface area contributed by atoms with Crippen molar-refractivity contribution >= 4 is 18.2 Å². The molecule has 0 heterocycles. The molecule has 0 aromatic heterocycles. The van der Waals surface area contributed by atoms with E-state index in [0.717, 1.165) is 5.56 Å². The number of methoxy groups -OCH3 is 1. The molecule has 0 aliphatic rings. The van der Waals surface area contributed by atoms with Gasteiger partial charge in [0, 0.05) is 12.5 Å². The number of Topliss-reactive ketones (excluding diaryl/α,β-unsaturated/α-hetero) is 1. The van der Waals surface area contributed by atoms with Gasteiger partial charge in [0.05, 0.1) is 12.7 Å². The van der Waals surface area contributed by atoms with Crippen LogP contribution in [0.15, 0.2) is 48.5 Å². The lowest BCUT2D eigenvalue weighted by molar-refractivity contribution is 0.0893. The summed E-state index contributed by atoms with van der Waals surface area (Å²) in [5.41, 5.74) is 1.42. The van der Waals surface area contributed by atoms with Gasteiger partial charge in [-0.2, -0.15) is 0 Å². The van der Waals surface area contributed by atoms with Gasteiger partial charge in [0.15, 0.2) is 5.78 Å². The molecule has 0 saturated carbocycles. The number of nitrogens with zero attached hydrogens (tertiary/aromatic N) is 1. The van der Waals surface area contributed by atoms with Crippen molar-refractivity contribution in [1.82, 2.24) is 4.90 Å². The van der Waals surface area contributed by atoms with Gasteiger partial charge < -0.3 is 14.7 Å². The number of rotatable bonds is 7. The topological polar surface area (TPSA) is 49.8 Å². The van der Waals surface area contributed by atoms with Crippen molar-refractivity contribution in [3.8, 4) is 11.5 Å². The maximum Gasteiger partial charge on any atom is 0.171 e. The first-order chi connectivity index (χ1) is 11.0. The van der Waals surface area contributed by atoms with E-state index in [1.54, 1.807) is 19.2 Å². The summed E-state index contributed by atoms with van der Waals surface area (Å²) in [6.07, 6.45) is 0.633. The minimum absolute atomic E-state index is 0. The van der Waals surface area contributed by atoms with Gasteiger partial charge in [0.1, 0.15) is 11.5 Å². The van der Waals surface area contributed by atoms with E-state index in [4.69, 9.17) is 4.74 Å². The molecule has 0 saturated heterocycles. The Bertz CT molecular complexity index is 659. The van der Waals surface area contributed by atoms with E-state index in [-0.39, 0.29) is 29.9 Å². The van der Waals surface area contributed by atoms with Crippen LogP contribution in [0.4, 0.5) is 0 Å². The Kier molecular flexibility index (Phi) is 7.75. The number of halogens is 1. The summed E-state index contributed by atoms with van der Waals surface area (Å²) in [6, 6.07) is 14.7. The Balaban J connectivity index is 0.00000288.